The Morgan fingerprint density at radius 3 is 2.43 bits per heavy atom. The summed E-state index contributed by atoms with van der Waals surface area (Å²) in [5.74, 6) is -0.158. The minimum Gasteiger partial charge on any atom is -0.330 e. The van der Waals surface area contributed by atoms with Crippen molar-refractivity contribution in [3.05, 3.63) is 0 Å². The predicted octanol–water partition coefficient (Wildman–Crippen LogP) is 1.57. The first-order valence-electron chi connectivity index (χ1n) is 7.13. The molecule has 1 aliphatic carbocycles. The van der Waals surface area contributed by atoms with Gasteiger partial charge in [-0.3, -0.25) is 9.52 Å². The van der Waals surface area contributed by atoms with Crippen LogP contribution in [0.15, 0.2) is 0 Å². The van der Waals surface area contributed by atoms with Crippen molar-refractivity contribution in [3.8, 4) is 0 Å². The molecule has 1 aromatic heterocycles. The zero-order valence-corrected chi connectivity index (χ0v) is 15.3. The number of aromatic nitrogens is 2. The van der Waals surface area contributed by atoms with Gasteiger partial charge in [0.25, 0.3) is 0 Å². The molecule has 1 aliphatic rings. The van der Waals surface area contributed by atoms with Gasteiger partial charge in [0.05, 0.1) is 6.26 Å². The maximum absolute atomic E-state index is 12.2. The molecule has 1 amide bonds. The molecule has 8 nitrogen and oxygen atoms in total. The van der Waals surface area contributed by atoms with Gasteiger partial charge >= 0.3 is 0 Å². The van der Waals surface area contributed by atoms with Crippen molar-refractivity contribution >= 4 is 49.9 Å². The van der Waals surface area contributed by atoms with Crippen LogP contribution in [0.1, 0.15) is 38.5 Å². The summed E-state index contributed by atoms with van der Waals surface area (Å²) in [5, 5.41) is 10.5. The number of anilines is 2. The fourth-order valence-electron chi connectivity index (χ4n) is 2.73. The predicted molar refractivity (Wildman–Crippen MR) is 93.4 cm³/mol. The lowest BCUT2D eigenvalue weighted by Crippen LogP contribution is -2.36. The number of nitrogens with zero attached hydrogens (tertiary/aromatic N) is 2. The molecule has 0 spiro atoms. The van der Waals surface area contributed by atoms with Gasteiger partial charge < -0.3 is 11.1 Å². The van der Waals surface area contributed by atoms with Crippen molar-refractivity contribution < 1.29 is 13.2 Å². The van der Waals surface area contributed by atoms with Crippen LogP contribution in [0.2, 0.25) is 0 Å². The highest BCUT2D eigenvalue weighted by Crippen LogP contribution is 2.38. The summed E-state index contributed by atoms with van der Waals surface area (Å²) >= 11 is 0.981. The highest BCUT2D eigenvalue weighted by atomic mass is 35.5. The van der Waals surface area contributed by atoms with Gasteiger partial charge in [-0.2, -0.15) is 0 Å². The molecule has 0 atom stereocenters. The molecule has 0 aliphatic heterocycles. The van der Waals surface area contributed by atoms with E-state index in [1.807, 2.05) is 0 Å². The number of hydrogen-bond donors (Lipinski definition) is 3. The fourth-order valence-corrected chi connectivity index (χ4v) is 4.22. The van der Waals surface area contributed by atoms with Crippen LogP contribution in [0, 0.1) is 5.41 Å². The van der Waals surface area contributed by atoms with Crippen LogP contribution in [-0.2, 0) is 14.8 Å². The Hall–Kier alpha value is -0.970. The molecule has 0 unspecified atom stereocenters. The van der Waals surface area contributed by atoms with E-state index in [0.29, 0.717) is 13.0 Å². The van der Waals surface area contributed by atoms with Crippen LogP contribution in [0.5, 0.6) is 0 Å². The minimum absolute atomic E-state index is 0. The molecule has 0 bridgehead atoms. The summed E-state index contributed by atoms with van der Waals surface area (Å²) in [6, 6.07) is 0. The first-order valence-corrected chi connectivity index (χ1v) is 9.84. The number of hydrogen-bond acceptors (Lipinski definition) is 7. The van der Waals surface area contributed by atoms with Gasteiger partial charge in [-0.1, -0.05) is 30.6 Å². The molecule has 0 aromatic carbocycles. The Kier molecular flexibility index (Phi) is 7.18. The van der Waals surface area contributed by atoms with E-state index in [2.05, 4.69) is 20.2 Å². The second kappa shape index (κ2) is 8.22. The van der Waals surface area contributed by atoms with Crippen LogP contribution in [0.25, 0.3) is 0 Å². The summed E-state index contributed by atoms with van der Waals surface area (Å²) < 4.78 is 24.4. The first kappa shape index (κ1) is 20.1. The van der Waals surface area contributed by atoms with Gasteiger partial charge in [-0.25, -0.2) is 8.42 Å². The molecule has 0 radical (unpaired) electrons. The lowest BCUT2D eigenvalue weighted by atomic mass is 9.72. The van der Waals surface area contributed by atoms with Gasteiger partial charge in [0.15, 0.2) is 0 Å². The number of amides is 1. The maximum Gasteiger partial charge on any atom is 0.231 e. The Balaban J connectivity index is 0.00000264. The molecular formula is C12H22ClN5O3S2. The minimum atomic E-state index is -3.40. The second-order valence-electron chi connectivity index (χ2n) is 5.78. The summed E-state index contributed by atoms with van der Waals surface area (Å²) in [4.78, 5) is 12.2. The summed E-state index contributed by atoms with van der Waals surface area (Å²) in [5.41, 5.74) is 5.75. The zero-order chi connectivity index (χ0) is 16.2. The lowest BCUT2D eigenvalue weighted by Gasteiger charge is -2.35. The maximum atomic E-state index is 12.2. The van der Waals surface area contributed by atoms with E-state index in [1.165, 1.54) is 6.42 Å². The highest BCUT2D eigenvalue weighted by Gasteiger charge is 2.33. The Bertz CT molecular complexity index is 628. The standard InChI is InChI=1S/C12H21N5O3S2.ClH/c1-22(19,20)17-11-16-15-10(21-11)14-9(18)7-12(8-13)5-3-2-4-6-12;/h2-8,13H2,1H3,(H,16,17)(H,14,15,18);1H. The van der Waals surface area contributed by atoms with Gasteiger partial charge in [-0.05, 0) is 24.8 Å². The number of nitrogens with one attached hydrogen (secondary N) is 2. The van der Waals surface area contributed by atoms with E-state index in [1.54, 1.807) is 0 Å². The topological polar surface area (TPSA) is 127 Å². The van der Waals surface area contributed by atoms with Crippen molar-refractivity contribution in [2.24, 2.45) is 11.1 Å². The Morgan fingerprint density at radius 2 is 1.87 bits per heavy atom. The SMILES string of the molecule is CS(=O)(=O)Nc1nnc(NC(=O)CC2(CN)CCCCC2)s1.Cl. The van der Waals surface area contributed by atoms with E-state index in [0.717, 1.165) is 43.3 Å². The third-order valence-corrected chi connectivity index (χ3v) is 5.27. The summed E-state index contributed by atoms with van der Waals surface area (Å²) in [6.45, 7) is 0.497. The molecular weight excluding hydrogens is 362 g/mol. The molecule has 1 fully saturated rings. The van der Waals surface area contributed by atoms with Crippen molar-refractivity contribution in [3.63, 3.8) is 0 Å². The molecule has 1 aromatic rings. The fraction of sp³-hybridized carbons (Fsp3) is 0.750. The molecule has 0 saturated heterocycles. The van der Waals surface area contributed by atoms with Crippen LogP contribution < -0.4 is 15.8 Å². The van der Waals surface area contributed by atoms with Crippen LogP contribution in [0.4, 0.5) is 10.3 Å². The van der Waals surface area contributed by atoms with Gasteiger partial charge in [0.1, 0.15) is 0 Å². The Labute approximate surface area is 146 Å². The smallest absolute Gasteiger partial charge is 0.231 e. The van der Waals surface area contributed by atoms with E-state index in [4.69, 9.17) is 5.73 Å². The van der Waals surface area contributed by atoms with Crippen LogP contribution in [0.3, 0.4) is 0 Å². The second-order valence-corrected chi connectivity index (χ2v) is 8.50. The van der Waals surface area contributed by atoms with Gasteiger partial charge in [-0.15, -0.1) is 22.6 Å². The van der Waals surface area contributed by atoms with Gasteiger partial charge in [0, 0.05) is 6.42 Å². The van der Waals surface area contributed by atoms with Crippen LogP contribution in [-0.4, -0.2) is 37.3 Å². The van der Waals surface area contributed by atoms with E-state index < -0.39 is 10.0 Å². The molecule has 23 heavy (non-hydrogen) atoms. The largest absolute Gasteiger partial charge is 0.330 e. The average molecular weight is 384 g/mol. The van der Waals surface area contributed by atoms with Crippen molar-refractivity contribution in [1.29, 1.82) is 0 Å². The van der Waals surface area contributed by atoms with Gasteiger partial charge in [0.2, 0.25) is 26.2 Å². The van der Waals surface area contributed by atoms with Crippen LogP contribution >= 0.6 is 23.7 Å². The van der Waals surface area contributed by atoms with Crippen molar-refractivity contribution in [2.45, 2.75) is 38.5 Å². The molecule has 11 heteroatoms. The molecule has 4 N–H and O–H groups in total. The first-order chi connectivity index (χ1) is 10.3. The van der Waals surface area contributed by atoms with E-state index in [-0.39, 0.29) is 34.0 Å². The number of carbonyl (C=O) groups is 1. The zero-order valence-electron chi connectivity index (χ0n) is 12.9. The molecule has 1 heterocycles. The normalized spacial score (nSPS) is 17.1. The number of nitrogens with two attached hydrogens (primary N) is 1. The Morgan fingerprint density at radius 1 is 1.26 bits per heavy atom. The lowest BCUT2D eigenvalue weighted by molar-refractivity contribution is -0.118. The third kappa shape index (κ3) is 6.21. The number of halogens is 1. The number of carbonyl (C=O) groups excluding carboxylic acids is 1. The number of sulfonamides is 1. The van der Waals surface area contributed by atoms with E-state index in [9.17, 15) is 13.2 Å². The summed E-state index contributed by atoms with van der Waals surface area (Å²) in [6.07, 6.45) is 6.72. The monoisotopic (exact) mass is 383 g/mol. The number of rotatable bonds is 6. The highest BCUT2D eigenvalue weighted by molar-refractivity contribution is 7.92. The van der Waals surface area contributed by atoms with Crippen molar-refractivity contribution in [1.82, 2.24) is 10.2 Å². The summed E-state index contributed by atoms with van der Waals surface area (Å²) in [7, 11) is -3.40. The third-order valence-electron chi connectivity index (χ3n) is 3.83. The molecule has 1 saturated carbocycles. The average Bonchev–Trinajstić information content (AvgIpc) is 2.84. The van der Waals surface area contributed by atoms with E-state index >= 15 is 0 Å². The molecule has 2 rings (SSSR count). The quantitative estimate of drug-likeness (QED) is 0.684. The molecule has 132 valence electrons. The van der Waals surface area contributed by atoms with Crippen molar-refractivity contribution in [2.75, 3.05) is 22.8 Å².